The van der Waals surface area contributed by atoms with Crippen molar-refractivity contribution in [3.63, 3.8) is 0 Å². The van der Waals surface area contributed by atoms with E-state index >= 15 is 0 Å². The molecular formula is C15H15NO4S. The average molecular weight is 305 g/mol. The third kappa shape index (κ3) is 3.82. The Balaban J connectivity index is 2.18. The summed E-state index contributed by atoms with van der Waals surface area (Å²) in [6.07, 6.45) is 4.97. The summed E-state index contributed by atoms with van der Waals surface area (Å²) in [7, 11) is 1.59. The highest BCUT2D eigenvalue weighted by Crippen LogP contribution is 2.29. The molecule has 0 spiro atoms. The van der Waals surface area contributed by atoms with Gasteiger partial charge in [0.25, 0.3) is 0 Å². The Morgan fingerprint density at radius 2 is 2.19 bits per heavy atom. The second-order valence-electron chi connectivity index (χ2n) is 4.04. The molecule has 0 aliphatic heterocycles. The zero-order valence-corrected chi connectivity index (χ0v) is 12.5. The van der Waals surface area contributed by atoms with E-state index in [4.69, 9.17) is 14.6 Å². The van der Waals surface area contributed by atoms with Crippen molar-refractivity contribution in [1.29, 1.82) is 0 Å². The van der Waals surface area contributed by atoms with Crippen LogP contribution in [0.1, 0.15) is 27.2 Å². The van der Waals surface area contributed by atoms with E-state index in [1.54, 1.807) is 13.2 Å². The van der Waals surface area contributed by atoms with Gasteiger partial charge in [0, 0.05) is 0 Å². The summed E-state index contributed by atoms with van der Waals surface area (Å²) in [6.45, 7) is 2.48. The lowest BCUT2D eigenvalue weighted by molar-refractivity contribution is 0.0702. The summed E-state index contributed by atoms with van der Waals surface area (Å²) in [6, 6.07) is 5.59. The van der Waals surface area contributed by atoms with Crippen molar-refractivity contribution in [3.05, 3.63) is 39.8 Å². The van der Waals surface area contributed by atoms with Crippen molar-refractivity contribution in [2.24, 2.45) is 0 Å². The van der Waals surface area contributed by atoms with E-state index in [2.05, 4.69) is 4.98 Å². The second kappa shape index (κ2) is 6.90. The number of carboxylic acid groups (broad SMARTS) is 1. The first-order valence-electron chi connectivity index (χ1n) is 6.32. The van der Waals surface area contributed by atoms with E-state index in [0.717, 1.165) is 16.9 Å². The molecule has 0 saturated carbocycles. The van der Waals surface area contributed by atoms with E-state index in [1.807, 2.05) is 31.2 Å². The smallest absolute Gasteiger partial charge is 0.347 e. The third-order valence-electron chi connectivity index (χ3n) is 2.64. The molecule has 21 heavy (non-hydrogen) atoms. The topological polar surface area (TPSA) is 68.7 Å². The van der Waals surface area contributed by atoms with E-state index in [1.165, 1.54) is 6.20 Å². The molecule has 1 heterocycles. The summed E-state index contributed by atoms with van der Waals surface area (Å²) < 4.78 is 10.7. The highest BCUT2D eigenvalue weighted by atomic mass is 32.1. The van der Waals surface area contributed by atoms with Crippen LogP contribution >= 0.6 is 11.3 Å². The molecule has 0 amide bonds. The Bertz CT molecular complexity index is 663. The Hall–Kier alpha value is -2.34. The van der Waals surface area contributed by atoms with Crippen molar-refractivity contribution in [2.45, 2.75) is 6.92 Å². The normalized spacial score (nSPS) is 10.8. The van der Waals surface area contributed by atoms with Gasteiger partial charge in [-0.3, -0.25) is 0 Å². The molecule has 6 heteroatoms. The molecule has 1 aromatic heterocycles. The maximum absolute atomic E-state index is 10.8. The molecule has 0 unspecified atom stereocenters. The molecule has 2 rings (SSSR count). The zero-order valence-electron chi connectivity index (χ0n) is 11.7. The molecule has 0 aliphatic carbocycles. The lowest BCUT2D eigenvalue weighted by atomic mass is 10.2. The predicted octanol–water partition coefficient (Wildman–Crippen LogP) is 3.42. The summed E-state index contributed by atoms with van der Waals surface area (Å²) >= 11 is 1.13. The van der Waals surface area contributed by atoms with E-state index < -0.39 is 5.97 Å². The fourth-order valence-electron chi connectivity index (χ4n) is 1.69. The minimum atomic E-state index is -0.963. The molecule has 2 aromatic rings. The van der Waals surface area contributed by atoms with Crippen molar-refractivity contribution in [3.8, 4) is 11.5 Å². The Labute approximate surface area is 126 Å². The van der Waals surface area contributed by atoms with Crippen LogP contribution in [0.15, 0.2) is 24.4 Å². The highest BCUT2D eigenvalue weighted by molar-refractivity contribution is 7.14. The van der Waals surface area contributed by atoms with Crippen LogP contribution in [0.5, 0.6) is 11.5 Å². The fraction of sp³-hybridized carbons (Fsp3) is 0.200. The lowest BCUT2D eigenvalue weighted by Crippen LogP contribution is -1.95. The third-order valence-corrected chi connectivity index (χ3v) is 3.59. The maximum atomic E-state index is 10.8. The van der Waals surface area contributed by atoms with E-state index in [0.29, 0.717) is 23.1 Å². The number of aromatic carboxylic acids is 1. The van der Waals surface area contributed by atoms with Crippen LogP contribution in [0.2, 0.25) is 0 Å². The number of thiazole rings is 1. The van der Waals surface area contributed by atoms with Gasteiger partial charge in [-0.2, -0.15) is 0 Å². The number of hydrogen-bond donors (Lipinski definition) is 1. The van der Waals surface area contributed by atoms with E-state index in [9.17, 15) is 4.79 Å². The molecule has 110 valence electrons. The Morgan fingerprint density at radius 3 is 2.81 bits per heavy atom. The number of hydrogen-bond acceptors (Lipinski definition) is 5. The predicted molar refractivity (Wildman–Crippen MR) is 82.2 cm³/mol. The quantitative estimate of drug-likeness (QED) is 0.885. The van der Waals surface area contributed by atoms with Gasteiger partial charge in [0.05, 0.1) is 19.9 Å². The molecule has 0 saturated heterocycles. The summed E-state index contributed by atoms with van der Waals surface area (Å²) in [5.41, 5.74) is 0.919. The van der Waals surface area contributed by atoms with Crippen LogP contribution in [0.25, 0.3) is 12.2 Å². The molecular weight excluding hydrogens is 290 g/mol. The number of aromatic nitrogens is 1. The monoisotopic (exact) mass is 305 g/mol. The van der Waals surface area contributed by atoms with Crippen LogP contribution < -0.4 is 9.47 Å². The molecule has 1 N–H and O–H groups in total. The standard InChI is InChI=1S/C15H15NO4S/c1-3-20-11-6-4-10(8-12(11)19-2)5-7-14-16-9-13(21-14)15(17)18/h4-9H,3H2,1-2H3,(H,17,18)/b7-5+. The SMILES string of the molecule is CCOc1ccc(/C=C/c2ncc(C(=O)O)s2)cc1OC. The first-order chi connectivity index (χ1) is 10.1. The van der Waals surface area contributed by atoms with E-state index in [-0.39, 0.29) is 4.88 Å². The molecule has 5 nitrogen and oxygen atoms in total. The maximum Gasteiger partial charge on any atom is 0.347 e. The average Bonchev–Trinajstić information content (AvgIpc) is 2.95. The Morgan fingerprint density at radius 1 is 1.38 bits per heavy atom. The minimum Gasteiger partial charge on any atom is -0.493 e. The van der Waals surface area contributed by atoms with Crippen LogP contribution in [0.3, 0.4) is 0 Å². The molecule has 0 fully saturated rings. The van der Waals surface area contributed by atoms with Crippen molar-refractivity contribution in [1.82, 2.24) is 4.98 Å². The van der Waals surface area contributed by atoms with Gasteiger partial charge in [-0.25, -0.2) is 9.78 Å². The van der Waals surface area contributed by atoms with Gasteiger partial charge in [0.2, 0.25) is 0 Å². The zero-order chi connectivity index (χ0) is 15.2. The van der Waals surface area contributed by atoms with Gasteiger partial charge in [0.15, 0.2) is 11.5 Å². The fourth-order valence-corrected chi connectivity index (χ4v) is 2.35. The van der Waals surface area contributed by atoms with Crippen LogP contribution in [0.4, 0.5) is 0 Å². The minimum absolute atomic E-state index is 0.221. The van der Waals surface area contributed by atoms with Gasteiger partial charge in [-0.1, -0.05) is 12.1 Å². The number of methoxy groups -OCH3 is 1. The number of rotatable bonds is 6. The summed E-state index contributed by atoms with van der Waals surface area (Å²) in [5, 5.41) is 9.49. The van der Waals surface area contributed by atoms with Crippen molar-refractivity contribution < 1.29 is 19.4 Å². The van der Waals surface area contributed by atoms with Gasteiger partial charge in [-0.15, -0.1) is 11.3 Å². The van der Waals surface area contributed by atoms with Gasteiger partial charge in [-0.05, 0) is 30.7 Å². The first kappa shape index (κ1) is 15.1. The summed E-state index contributed by atoms with van der Waals surface area (Å²) in [5.74, 6) is 0.388. The first-order valence-corrected chi connectivity index (χ1v) is 7.13. The highest BCUT2D eigenvalue weighted by Gasteiger charge is 2.07. The van der Waals surface area contributed by atoms with Crippen LogP contribution in [0, 0.1) is 0 Å². The molecule has 0 radical (unpaired) electrons. The van der Waals surface area contributed by atoms with Gasteiger partial charge in [0.1, 0.15) is 9.88 Å². The largest absolute Gasteiger partial charge is 0.493 e. The number of nitrogens with zero attached hydrogens (tertiary/aromatic N) is 1. The van der Waals surface area contributed by atoms with Crippen molar-refractivity contribution in [2.75, 3.05) is 13.7 Å². The molecule has 0 aliphatic rings. The number of carbonyl (C=O) groups is 1. The summed E-state index contributed by atoms with van der Waals surface area (Å²) in [4.78, 5) is 15.0. The Kier molecular flexibility index (Phi) is 4.94. The van der Waals surface area contributed by atoms with Crippen LogP contribution in [-0.4, -0.2) is 29.8 Å². The number of benzene rings is 1. The van der Waals surface area contributed by atoms with Gasteiger partial charge < -0.3 is 14.6 Å². The number of carboxylic acids is 1. The number of ether oxygens (including phenoxy) is 2. The lowest BCUT2D eigenvalue weighted by Gasteiger charge is -2.09. The van der Waals surface area contributed by atoms with Crippen molar-refractivity contribution >= 4 is 29.5 Å². The molecule has 0 atom stereocenters. The van der Waals surface area contributed by atoms with Gasteiger partial charge >= 0.3 is 5.97 Å². The molecule has 0 bridgehead atoms. The molecule has 1 aromatic carbocycles. The van der Waals surface area contributed by atoms with Crippen LogP contribution in [-0.2, 0) is 0 Å². The second-order valence-corrected chi connectivity index (χ2v) is 5.11.